The Hall–Kier alpha value is -2.64. The van der Waals surface area contributed by atoms with Gasteiger partial charge in [0.2, 0.25) is 0 Å². The summed E-state index contributed by atoms with van der Waals surface area (Å²) < 4.78 is 38.2. The van der Waals surface area contributed by atoms with Crippen molar-refractivity contribution in [3.63, 3.8) is 0 Å². The Morgan fingerprint density at radius 3 is 2.31 bits per heavy atom. The van der Waals surface area contributed by atoms with Crippen LogP contribution in [0.1, 0.15) is 21.7 Å². The Morgan fingerprint density at radius 2 is 1.72 bits per heavy atom. The Balaban J connectivity index is 1.74. The van der Waals surface area contributed by atoms with Gasteiger partial charge in [0.05, 0.1) is 24.4 Å². The summed E-state index contributed by atoms with van der Waals surface area (Å²) in [6, 6.07) is 13.1. The Labute approximate surface area is 171 Å². The third kappa shape index (κ3) is 5.25. The van der Waals surface area contributed by atoms with Crippen molar-refractivity contribution < 1.29 is 18.3 Å². The van der Waals surface area contributed by atoms with Crippen molar-refractivity contribution in [3.05, 3.63) is 76.3 Å². The third-order valence-electron chi connectivity index (χ3n) is 4.48. The molecule has 3 nitrogen and oxygen atoms in total. The average Bonchev–Trinajstić information content (AvgIpc) is 3.06. The first kappa shape index (κ1) is 21.1. The van der Waals surface area contributed by atoms with Gasteiger partial charge in [-0.15, -0.1) is 11.3 Å². The van der Waals surface area contributed by atoms with E-state index in [2.05, 4.69) is 9.88 Å². The maximum absolute atomic E-state index is 12.7. The van der Waals surface area contributed by atoms with E-state index >= 15 is 0 Å². The Bertz CT molecular complexity index is 977. The fraction of sp³-hybridized carbons (Fsp3) is 0.227. The molecule has 0 aliphatic heterocycles. The molecule has 29 heavy (non-hydrogen) atoms. The van der Waals surface area contributed by atoms with Crippen LogP contribution in [0.4, 0.5) is 18.9 Å². The average molecular weight is 418 g/mol. The molecule has 0 amide bonds. The van der Waals surface area contributed by atoms with Crippen LogP contribution in [0.25, 0.3) is 16.6 Å². The van der Waals surface area contributed by atoms with Gasteiger partial charge in [-0.2, -0.15) is 13.2 Å². The standard InChI is InChI=1S/C22H21F3N2OS/c1-15-20(14-27(2)19-11-5-16(6-12-19)4-3-13-28)29-21(26-15)17-7-9-18(10-8-17)22(23,24)25/h3-12,28H,13-14H2,1-2H3/b4-3+. The predicted molar refractivity (Wildman–Crippen MR) is 112 cm³/mol. The predicted octanol–water partition coefficient (Wildman–Crippen LogP) is 5.78. The second-order valence-corrected chi connectivity index (χ2v) is 7.72. The first-order valence-corrected chi connectivity index (χ1v) is 9.82. The molecule has 0 unspecified atom stereocenters. The number of hydrogen-bond acceptors (Lipinski definition) is 4. The van der Waals surface area contributed by atoms with Gasteiger partial charge in [0.1, 0.15) is 5.01 Å². The van der Waals surface area contributed by atoms with E-state index in [4.69, 9.17) is 5.11 Å². The number of halogens is 3. The lowest BCUT2D eigenvalue weighted by atomic mass is 10.1. The summed E-state index contributed by atoms with van der Waals surface area (Å²) in [5, 5.41) is 9.56. The summed E-state index contributed by atoms with van der Waals surface area (Å²) in [6.45, 7) is 2.57. The Morgan fingerprint density at radius 1 is 1.07 bits per heavy atom. The second kappa shape index (κ2) is 8.80. The molecule has 0 fully saturated rings. The van der Waals surface area contributed by atoms with E-state index in [0.29, 0.717) is 17.1 Å². The highest BCUT2D eigenvalue weighted by Crippen LogP contribution is 2.33. The molecule has 0 spiro atoms. The van der Waals surface area contributed by atoms with Crippen LogP contribution in [0.3, 0.4) is 0 Å². The number of alkyl halides is 3. The number of aliphatic hydroxyl groups is 1. The molecule has 1 heterocycles. The lowest BCUT2D eigenvalue weighted by Gasteiger charge is -2.18. The molecule has 0 atom stereocenters. The van der Waals surface area contributed by atoms with E-state index in [1.54, 1.807) is 6.08 Å². The van der Waals surface area contributed by atoms with Gasteiger partial charge >= 0.3 is 6.18 Å². The van der Waals surface area contributed by atoms with Crippen molar-refractivity contribution in [2.24, 2.45) is 0 Å². The van der Waals surface area contributed by atoms with E-state index in [-0.39, 0.29) is 6.61 Å². The summed E-state index contributed by atoms with van der Waals surface area (Å²) in [5.41, 5.74) is 2.94. The van der Waals surface area contributed by atoms with E-state index in [1.807, 2.05) is 44.3 Å². The quantitative estimate of drug-likeness (QED) is 0.551. The number of anilines is 1. The van der Waals surface area contributed by atoms with Crippen LogP contribution in [-0.2, 0) is 12.7 Å². The third-order valence-corrected chi connectivity index (χ3v) is 5.67. The normalized spacial score (nSPS) is 11.9. The number of aliphatic hydroxyl groups excluding tert-OH is 1. The number of nitrogens with zero attached hydrogens (tertiary/aromatic N) is 2. The summed E-state index contributed by atoms with van der Waals surface area (Å²) in [4.78, 5) is 7.70. The van der Waals surface area contributed by atoms with Gasteiger partial charge in [-0.3, -0.25) is 0 Å². The van der Waals surface area contributed by atoms with Crippen LogP contribution in [0.2, 0.25) is 0 Å². The summed E-state index contributed by atoms with van der Waals surface area (Å²) >= 11 is 1.49. The molecule has 2 aromatic carbocycles. The van der Waals surface area contributed by atoms with Crippen LogP contribution in [0.15, 0.2) is 54.6 Å². The van der Waals surface area contributed by atoms with E-state index in [9.17, 15) is 13.2 Å². The van der Waals surface area contributed by atoms with E-state index in [1.165, 1.54) is 23.5 Å². The minimum atomic E-state index is -4.34. The number of rotatable bonds is 6. The van der Waals surface area contributed by atoms with Crippen molar-refractivity contribution in [1.29, 1.82) is 0 Å². The van der Waals surface area contributed by atoms with E-state index in [0.717, 1.165) is 34.0 Å². The lowest BCUT2D eigenvalue weighted by molar-refractivity contribution is -0.137. The molecule has 3 rings (SSSR count). The van der Waals surface area contributed by atoms with Crippen LogP contribution in [0.5, 0.6) is 0 Å². The molecule has 0 aliphatic rings. The molecule has 0 radical (unpaired) electrons. The maximum Gasteiger partial charge on any atom is 0.416 e. The fourth-order valence-electron chi connectivity index (χ4n) is 2.84. The van der Waals surface area contributed by atoms with Gasteiger partial charge in [-0.05, 0) is 36.8 Å². The zero-order chi connectivity index (χ0) is 21.0. The molecule has 1 aromatic heterocycles. The molecule has 3 aromatic rings. The Kier molecular flexibility index (Phi) is 6.39. The van der Waals surface area contributed by atoms with Gasteiger partial charge in [-0.25, -0.2) is 4.98 Å². The van der Waals surface area contributed by atoms with Crippen LogP contribution in [0, 0.1) is 6.92 Å². The number of hydrogen-bond donors (Lipinski definition) is 1. The van der Waals surface area contributed by atoms with Crippen molar-refractivity contribution in [1.82, 2.24) is 4.98 Å². The van der Waals surface area contributed by atoms with Gasteiger partial charge in [0, 0.05) is 23.2 Å². The number of aromatic nitrogens is 1. The maximum atomic E-state index is 12.7. The highest BCUT2D eigenvalue weighted by Gasteiger charge is 2.30. The summed E-state index contributed by atoms with van der Waals surface area (Å²) in [5.74, 6) is 0. The topological polar surface area (TPSA) is 36.4 Å². The molecule has 152 valence electrons. The second-order valence-electron chi connectivity index (χ2n) is 6.64. The monoisotopic (exact) mass is 418 g/mol. The van der Waals surface area contributed by atoms with Crippen LogP contribution < -0.4 is 4.90 Å². The molecular weight excluding hydrogens is 397 g/mol. The fourth-order valence-corrected chi connectivity index (χ4v) is 3.96. The molecular formula is C22H21F3N2OS. The summed E-state index contributed by atoms with van der Waals surface area (Å²) in [7, 11) is 1.98. The number of benzene rings is 2. The lowest BCUT2D eigenvalue weighted by Crippen LogP contribution is -2.16. The van der Waals surface area contributed by atoms with Crippen molar-refractivity contribution >= 4 is 23.1 Å². The highest BCUT2D eigenvalue weighted by molar-refractivity contribution is 7.15. The van der Waals surface area contributed by atoms with Crippen molar-refractivity contribution in [3.8, 4) is 10.6 Å². The molecule has 0 saturated heterocycles. The largest absolute Gasteiger partial charge is 0.416 e. The smallest absolute Gasteiger partial charge is 0.392 e. The van der Waals surface area contributed by atoms with Crippen LogP contribution in [-0.4, -0.2) is 23.7 Å². The van der Waals surface area contributed by atoms with Crippen molar-refractivity contribution in [2.45, 2.75) is 19.6 Å². The zero-order valence-corrected chi connectivity index (χ0v) is 16.9. The highest BCUT2D eigenvalue weighted by atomic mass is 32.1. The van der Waals surface area contributed by atoms with Gasteiger partial charge in [-0.1, -0.05) is 36.4 Å². The zero-order valence-electron chi connectivity index (χ0n) is 16.1. The first-order valence-electron chi connectivity index (χ1n) is 9.00. The molecule has 0 aliphatic carbocycles. The molecule has 0 saturated carbocycles. The minimum absolute atomic E-state index is 0.00751. The minimum Gasteiger partial charge on any atom is -0.392 e. The van der Waals surface area contributed by atoms with Gasteiger partial charge in [0.15, 0.2) is 0 Å². The molecule has 1 N–H and O–H groups in total. The van der Waals surface area contributed by atoms with Gasteiger partial charge < -0.3 is 10.0 Å². The first-order chi connectivity index (χ1) is 13.8. The van der Waals surface area contributed by atoms with Crippen LogP contribution >= 0.6 is 11.3 Å². The number of aryl methyl sites for hydroxylation is 1. The van der Waals surface area contributed by atoms with Crippen molar-refractivity contribution in [2.75, 3.05) is 18.6 Å². The SMILES string of the molecule is Cc1nc(-c2ccc(C(F)(F)F)cc2)sc1CN(C)c1ccc(/C=C/CO)cc1. The number of thiazole rings is 1. The van der Waals surface area contributed by atoms with Gasteiger partial charge in [0.25, 0.3) is 0 Å². The summed E-state index contributed by atoms with van der Waals surface area (Å²) in [6.07, 6.45) is -0.801. The molecule has 0 bridgehead atoms. The molecule has 7 heteroatoms. The van der Waals surface area contributed by atoms with E-state index < -0.39 is 11.7 Å².